The molecule has 2 nitrogen and oxygen atoms in total. The number of carbonyl (C=O) groups is 1. The van der Waals surface area contributed by atoms with Crippen LogP contribution in [0, 0.1) is 30.6 Å². The summed E-state index contributed by atoms with van der Waals surface area (Å²) in [4.78, 5) is 12.5. The molecule has 0 N–H and O–H groups in total. The van der Waals surface area contributed by atoms with Gasteiger partial charge < -0.3 is 0 Å². The summed E-state index contributed by atoms with van der Waals surface area (Å²) in [6, 6.07) is 6.38. The Morgan fingerprint density at radius 3 is 2.00 bits per heavy atom. The molecule has 2 heteroatoms. The molecule has 0 heterocycles. The molecular weight excluding hydrogens is 234 g/mol. The third-order valence-electron chi connectivity index (χ3n) is 4.02. The Morgan fingerprint density at radius 2 is 1.68 bits per heavy atom. The Morgan fingerprint density at radius 1 is 1.21 bits per heavy atom. The third-order valence-corrected chi connectivity index (χ3v) is 4.02. The summed E-state index contributed by atoms with van der Waals surface area (Å²) in [6.45, 7) is 10.5. The summed E-state index contributed by atoms with van der Waals surface area (Å²) in [5, 5.41) is 9.18. The number of hydrogen-bond donors (Lipinski definition) is 0. The maximum absolute atomic E-state index is 12.5. The van der Waals surface area contributed by atoms with Crippen molar-refractivity contribution in [1.29, 1.82) is 5.26 Å². The number of nitriles is 1. The van der Waals surface area contributed by atoms with Crippen LogP contribution >= 0.6 is 0 Å². The molecule has 1 aliphatic rings. The van der Waals surface area contributed by atoms with Crippen molar-refractivity contribution in [2.45, 2.75) is 52.9 Å². The van der Waals surface area contributed by atoms with Gasteiger partial charge in [-0.15, -0.1) is 0 Å². The quantitative estimate of drug-likeness (QED) is 0.747. The van der Waals surface area contributed by atoms with Crippen LogP contribution in [0.1, 0.15) is 60.7 Å². The van der Waals surface area contributed by atoms with E-state index in [4.69, 9.17) is 0 Å². The van der Waals surface area contributed by atoms with Crippen LogP contribution in [0.3, 0.4) is 0 Å². The highest BCUT2D eigenvalue weighted by molar-refractivity contribution is 6.06. The SMILES string of the molecule is Cc1cc(C(C)(C)C)cc(C)c1C(=O)C1(C#N)CC1. The van der Waals surface area contributed by atoms with Crippen molar-refractivity contribution in [3.05, 3.63) is 34.4 Å². The normalized spacial score (nSPS) is 16.8. The molecule has 2 rings (SSSR count). The molecular formula is C17H21NO. The lowest BCUT2D eigenvalue weighted by Crippen LogP contribution is -2.19. The smallest absolute Gasteiger partial charge is 0.183 e. The molecule has 19 heavy (non-hydrogen) atoms. The Kier molecular flexibility index (Phi) is 3.05. The van der Waals surface area contributed by atoms with Crippen LogP contribution in [0.2, 0.25) is 0 Å². The summed E-state index contributed by atoms with van der Waals surface area (Å²) in [5.41, 5.74) is 3.34. The second-order valence-corrected chi connectivity index (χ2v) is 6.76. The largest absolute Gasteiger partial charge is 0.292 e. The molecule has 0 aromatic heterocycles. The van der Waals surface area contributed by atoms with Crippen molar-refractivity contribution in [3.63, 3.8) is 0 Å². The van der Waals surface area contributed by atoms with Gasteiger partial charge in [-0.25, -0.2) is 0 Å². The van der Waals surface area contributed by atoms with Crippen LogP contribution in [0.15, 0.2) is 12.1 Å². The Hall–Kier alpha value is -1.62. The molecule has 0 spiro atoms. The van der Waals surface area contributed by atoms with Crippen LogP contribution in [0.5, 0.6) is 0 Å². The lowest BCUT2D eigenvalue weighted by molar-refractivity contribution is 0.0933. The van der Waals surface area contributed by atoms with Gasteiger partial charge >= 0.3 is 0 Å². The Bertz CT molecular complexity index is 557. The van der Waals surface area contributed by atoms with Crippen molar-refractivity contribution < 1.29 is 4.79 Å². The van der Waals surface area contributed by atoms with Gasteiger partial charge in [0, 0.05) is 5.56 Å². The molecule has 1 aliphatic carbocycles. The van der Waals surface area contributed by atoms with Crippen molar-refractivity contribution in [2.75, 3.05) is 0 Å². The lowest BCUT2D eigenvalue weighted by atomic mass is 9.81. The summed E-state index contributed by atoms with van der Waals surface area (Å²) < 4.78 is 0. The zero-order chi connectivity index (χ0) is 14.4. The second kappa shape index (κ2) is 4.20. The molecule has 1 fully saturated rings. The predicted molar refractivity (Wildman–Crippen MR) is 76.2 cm³/mol. The fourth-order valence-corrected chi connectivity index (χ4v) is 2.51. The molecule has 0 unspecified atom stereocenters. The number of aryl methyl sites for hydroxylation is 2. The molecule has 100 valence electrons. The number of ketones is 1. The van der Waals surface area contributed by atoms with E-state index in [0.29, 0.717) is 12.8 Å². The maximum atomic E-state index is 12.5. The van der Waals surface area contributed by atoms with Crippen molar-refractivity contribution in [2.24, 2.45) is 5.41 Å². The lowest BCUT2D eigenvalue weighted by Gasteiger charge is -2.22. The molecule has 0 bridgehead atoms. The van der Waals surface area contributed by atoms with E-state index < -0.39 is 5.41 Å². The minimum atomic E-state index is -0.723. The average molecular weight is 255 g/mol. The zero-order valence-corrected chi connectivity index (χ0v) is 12.4. The van der Waals surface area contributed by atoms with Crippen molar-refractivity contribution in [1.82, 2.24) is 0 Å². The number of Topliss-reactive ketones (excluding diaryl/α,β-unsaturated/α-hetero) is 1. The van der Waals surface area contributed by atoms with E-state index in [-0.39, 0.29) is 11.2 Å². The van der Waals surface area contributed by atoms with Gasteiger partial charge in [-0.3, -0.25) is 4.79 Å². The first-order valence-corrected chi connectivity index (χ1v) is 6.79. The number of carbonyl (C=O) groups excluding carboxylic acids is 1. The fourth-order valence-electron chi connectivity index (χ4n) is 2.51. The molecule has 0 radical (unpaired) electrons. The van der Waals surface area contributed by atoms with E-state index in [9.17, 15) is 10.1 Å². The number of benzene rings is 1. The monoisotopic (exact) mass is 255 g/mol. The zero-order valence-electron chi connectivity index (χ0n) is 12.4. The first-order valence-electron chi connectivity index (χ1n) is 6.79. The van der Waals surface area contributed by atoms with E-state index in [1.165, 1.54) is 5.56 Å². The summed E-state index contributed by atoms with van der Waals surface area (Å²) >= 11 is 0. The number of nitrogens with zero attached hydrogens (tertiary/aromatic N) is 1. The van der Waals surface area contributed by atoms with E-state index in [1.807, 2.05) is 13.8 Å². The topological polar surface area (TPSA) is 40.9 Å². The van der Waals surface area contributed by atoms with Gasteiger partial charge in [0.05, 0.1) is 6.07 Å². The van der Waals surface area contributed by atoms with Crippen molar-refractivity contribution >= 4 is 5.78 Å². The standard InChI is InChI=1S/C17H21NO/c1-11-8-13(16(3,4)5)9-12(2)14(11)15(19)17(10-18)6-7-17/h8-9H,6-7H2,1-5H3. The van der Waals surface area contributed by atoms with Gasteiger partial charge in [0.2, 0.25) is 0 Å². The highest BCUT2D eigenvalue weighted by atomic mass is 16.1. The van der Waals surface area contributed by atoms with Gasteiger partial charge in [-0.05, 0) is 48.8 Å². The number of rotatable bonds is 2. The average Bonchev–Trinajstić information content (AvgIpc) is 3.07. The second-order valence-electron chi connectivity index (χ2n) is 6.76. The van der Waals surface area contributed by atoms with Crippen LogP contribution in [-0.4, -0.2) is 5.78 Å². The van der Waals surface area contributed by atoms with Gasteiger partial charge in [0.15, 0.2) is 5.78 Å². The van der Waals surface area contributed by atoms with Gasteiger partial charge in [0.25, 0.3) is 0 Å². The van der Waals surface area contributed by atoms with E-state index in [1.54, 1.807) is 0 Å². The molecule has 1 aromatic rings. The van der Waals surface area contributed by atoms with Crippen LogP contribution in [0.25, 0.3) is 0 Å². The van der Waals surface area contributed by atoms with Gasteiger partial charge in [-0.1, -0.05) is 32.9 Å². The summed E-state index contributed by atoms with van der Waals surface area (Å²) in [6.07, 6.45) is 1.42. The molecule has 0 amide bonds. The maximum Gasteiger partial charge on any atom is 0.183 e. The van der Waals surface area contributed by atoms with Gasteiger partial charge in [0.1, 0.15) is 5.41 Å². The molecule has 1 saturated carbocycles. The van der Waals surface area contributed by atoms with Crippen LogP contribution in [0.4, 0.5) is 0 Å². The molecule has 0 aliphatic heterocycles. The highest BCUT2D eigenvalue weighted by Gasteiger charge is 2.51. The number of hydrogen-bond acceptors (Lipinski definition) is 2. The minimum absolute atomic E-state index is 0.0189. The molecule has 0 saturated heterocycles. The molecule has 1 aromatic carbocycles. The van der Waals surface area contributed by atoms with Crippen LogP contribution in [-0.2, 0) is 5.41 Å². The fraction of sp³-hybridized carbons (Fsp3) is 0.529. The first-order chi connectivity index (χ1) is 8.71. The highest BCUT2D eigenvalue weighted by Crippen LogP contribution is 2.48. The van der Waals surface area contributed by atoms with Gasteiger partial charge in [-0.2, -0.15) is 5.26 Å². The minimum Gasteiger partial charge on any atom is -0.292 e. The van der Waals surface area contributed by atoms with Crippen LogP contribution < -0.4 is 0 Å². The Labute approximate surface area is 115 Å². The van der Waals surface area contributed by atoms with E-state index in [0.717, 1.165) is 16.7 Å². The third kappa shape index (κ3) is 2.30. The molecule has 0 atom stereocenters. The Balaban J connectivity index is 2.50. The van der Waals surface area contributed by atoms with E-state index in [2.05, 4.69) is 39.0 Å². The summed E-state index contributed by atoms with van der Waals surface area (Å²) in [7, 11) is 0. The van der Waals surface area contributed by atoms with Crippen molar-refractivity contribution in [3.8, 4) is 6.07 Å². The predicted octanol–water partition coefficient (Wildman–Crippen LogP) is 4.09. The first kappa shape index (κ1) is 13.8. The summed E-state index contributed by atoms with van der Waals surface area (Å²) in [5.74, 6) is 0.0189. The van der Waals surface area contributed by atoms with E-state index >= 15 is 0 Å².